The molecule has 1 aromatic heterocycles. The van der Waals surface area contributed by atoms with E-state index < -0.39 is 5.97 Å². The second-order valence-electron chi connectivity index (χ2n) is 4.82. The number of fused-ring (bicyclic) bond motifs is 1. The number of aromatic nitrogens is 1. The average Bonchev–Trinajstić information content (AvgIpc) is 3.06. The molecule has 6 heteroatoms. The van der Waals surface area contributed by atoms with Crippen molar-refractivity contribution < 1.29 is 19.4 Å². The summed E-state index contributed by atoms with van der Waals surface area (Å²) in [6, 6.07) is 1.45. The highest BCUT2D eigenvalue weighted by Crippen LogP contribution is 2.41. The minimum atomic E-state index is -1.06. The van der Waals surface area contributed by atoms with E-state index in [1.807, 2.05) is 0 Å². The summed E-state index contributed by atoms with van der Waals surface area (Å²) >= 11 is 0. The van der Waals surface area contributed by atoms with E-state index in [2.05, 4.69) is 4.98 Å². The molecule has 96 valence electrons. The molecule has 0 bridgehead atoms. The van der Waals surface area contributed by atoms with Crippen LogP contribution in [0, 0.1) is 5.92 Å². The van der Waals surface area contributed by atoms with Gasteiger partial charge in [0, 0.05) is 13.0 Å². The third-order valence-electron chi connectivity index (χ3n) is 3.43. The lowest BCUT2D eigenvalue weighted by Gasteiger charge is -2.32. The van der Waals surface area contributed by atoms with E-state index in [-0.39, 0.29) is 17.7 Å². The molecule has 1 saturated carbocycles. The molecule has 18 heavy (non-hydrogen) atoms. The van der Waals surface area contributed by atoms with Gasteiger partial charge in [-0.1, -0.05) is 0 Å². The molecular weight excluding hydrogens is 236 g/mol. The number of carboxylic acids is 1. The first-order valence-corrected chi connectivity index (χ1v) is 5.97. The second-order valence-corrected chi connectivity index (χ2v) is 4.82. The van der Waals surface area contributed by atoms with Crippen LogP contribution in [0.2, 0.25) is 0 Å². The number of carboxylic acid groups (broad SMARTS) is 1. The van der Waals surface area contributed by atoms with Crippen LogP contribution in [-0.2, 0) is 4.79 Å². The van der Waals surface area contributed by atoms with Crippen LogP contribution < -0.4 is 9.64 Å². The molecule has 6 nitrogen and oxygen atoms in total. The third-order valence-corrected chi connectivity index (χ3v) is 3.43. The molecule has 1 unspecified atom stereocenters. The van der Waals surface area contributed by atoms with E-state index in [1.54, 1.807) is 4.90 Å². The molecule has 1 amide bonds. The van der Waals surface area contributed by atoms with Gasteiger partial charge in [-0.25, -0.2) is 4.79 Å². The first-order chi connectivity index (χ1) is 8.56. The number of anilines is 1. The predicted molar refractivity (Wildman–Crippen MR) is 62.9 cm³/mol. The third kappa shape index (κ3) is 1.73. The van der Waals surface area contributed by atoms with E-state index in [0.717, 1.165) is 12.8 Å². The number of amides is 1. The first-order valence-electron chi connectivity index (χ1n) is 5.97. The Morgan fingerprint density at radius 2 is 2.22 bits per heavy atom. The summed E-state index contributed by atoms with van der Waals surface area (Å²) in [5, 5.41) is 8.96. The Balaban J connectivity index is 1.97. The number of carbonyl (C=O) groups is 2. The highest BCUT2D eigenvalue weighted by Gasteiger charge is 2.39. The van der Waals surface area contributed by atoms with Crippen LogP contribution in [0.3, 0.4) is 0 Å². The van der Waals surface area contributed by atoms with Crippen LogP contribution in [0.4, 0.5) is 5.82 Å². The van der Waals surface area contributed by atoms with Crippen molar-refractivity contribution in [3.63, 3.8) is 0 Å². The lowest BCUT2D eigenvalue weighted by Crippen LogP contribution is -2.43. The molecule has 3 rings (SSSR count). The molecule has 1 aliphatic heterocycles. The van der Waals surface area contributed by atoms with Crippen LogP contribution in [0.15, 0.2) is 6.07 Å². The minimum absolute atomic E-state index is 0.0150. The zero-order chi connectivity index (χ0) is 12.9. The highest BCUT2D eigenvalue weighted by atomic mass is 16.5. The van der Waals surface area contributed by atoms with Gasteiger partial charge in [0.15, 0.2) is 11.6 Å². The van der Waals surface area contributed by atoms with Crippen LogP contribution in [0.1, 0.15) is 30.3 Å². The van der Waals surface area contributed by atoms with Crippen LogP contribution >= 0.6 is 0 Å². The number of H-pyrrole nitrogens is 1. The standard InChI is InChI=1S/C12H14N2O4/c1-6(15)14-5-10(7-2-3-7)18-9-4-8(12(16)17)13-11(9)14/h4,7,10,13H,2-3,5H2,1H3,(H,16,17). The Morgan fingerprint density at radius 1 is 1.50 bits per heavy atom. The number of ether oxygens (including phenoxy) is 1. The summed E-state index contributed by atoms with van der Waals surface area (Å²) in [6.45, 7) is 1.97. The monoisotopic (exact) mass is 250 g/mol. The van der Waals surface area contributed by atoms with Crippen LogP contribution in [0.5, 0.6) is 5.75 Å². The SMILES string of the molecule is CC(=O)N1CC(C2CC2)Oc2cc(C(=O)O)[nH]c21. The van der Waals surface area contributed by atoms with E-state index in [9.17, 15) is 9.59 Å². The first kappa shape index (κ1) is 11.1. The van der Waals surface area contributed by atoms with Crippen molar-refractivity contribution in [1.82, 2.24) is 4.98 Å². The summed E-state index contributed by atoms with van der Waals surface area (Å²) in [7, 11) is 0. The number of aromatic amines is 1. The van der Waals surface area contributed by atoms with E-state index in [1.165, 1.54) is 13.0 Å². The number of hydrogen-bond acceptors (Lipinski definition) is 3. The topological polar surface area (TPSA) is 82.6 Å². The maximum atomic E-state index is 11.6. The number of nitrogens with zero attached hydrogens (tertiary/aromatic N) is 1. The average molecular weight is 250 g/mol. The van der Waals surface area contributed by atoms with Gasteiger partial charge in [0.25, 0.3) is 0 Å². The minimum Gasteiger partial charge on any atom is -0.484 e. The predicted octanol–water partition coefficient (Wildman–Crippen LogP) is 1.24. The molecular formula is C12H14N2O4. The summed E-state index contributed by atoms with van der Waals surface area (Å²) in [6.07, 6.45) is 2.21. The van der Waals surface area contributed by atoms with Crippen molar-refractivity contribution in [3.8, 4) is 5.75 Å². The fourth-order valence-electron chi connectivity index (χ4n) is 2.30. The molecule has 1 atom stereocenters. The summed E-state index contributed by atoms with van der Waals surface area (Å²) < 4.78 is 5.78. The largest absolute Gasteiger partial charge is 0.484 e. The molecule has 2 aliphatic rings. The molecule has 1 aromatic rings. The van der Waals surface area contributed by atoms with Crippen molar-refractivity contribution in [2.45, 2.75) is 25.9 Å². The van der Waals surface area contributed by atoms with Crippen LogP contribution in [-0.4, -0.2) is 34.6 Å². The van der Waals surface area contributed by atoms with Gasteiger partial charge in [-0.15, -0.1) is 0 Å². The van der Waals surface area contributed by atoms with Gasteiger partial charge in [-0.05, 0) is 18.8 Å². The lowest BCUT2D eigenvalue weighted by atomic mass is 10.2. The Kier molecular flexibility index (Phi) is 2.33. The van der Waals surface area contributed by atoms with Gasteiger partial charge < -0.3 is 14.8 Å². The Hall–Kier alpha value is -1.98. The Morgan fingerprint density at radius 3 is 2.78 bits per heavy atom. The van der Waals surface area contributed by atoms with Crippen molar-refractivity contribution in [2.75, 3.05) is 11.4 Å². The zero-order valence-electron chi connectivity index (χ0n) is 9.97. The second kappa shape index (κ2) is 3.76. The van der Waals surface area contributed by atoms with E-state index in [0.29, 0.717) is 24.0 Å². The van der Waals surface area contributed by atoms with Gasteiger partial charge in [0.1, 0.15) is 11.8 Å². The fraction of sp³-hybridized carbons (Fsp3) is 0.500. The van der Waals surface area contributed by atoms with Gasteiger partial charge in [-0.2, -0.15) is 0 Å². The molecule has 1 fully saturated rings. The molecule has 0 aromatic carbocycles. The van der Waals surface area contributed by atoms with Gasteiger partial charge in [-0.3, -0.25) is 9.69 Å². The summed E-state index contributed by atoms with van der Waals surface area (Å²) in [4.78, 5) is 26.9. The quantitative estimate of drug-likeness (QED) is 0.827. The fourth-order valence-corrected chi connectivity index (χ4v) is 2.30. The van der Waals surface area contributed by atoms with Gasteiger partial charge in [0.05, 0.1) is 6.54 Å². The molecule has 2 heterocycles. The van der Waals surface area contributed by atoms with Crippen molar-refractivity contribution >= 4 is 17.7 Å². The van der Waals surface area contributed by atoms with Gasteiger partial charge in [0.2, 0.25) is 5.91 Å². The number of nitrogens with one attached hydrogen (secondary N) is 1. The maximum absolute atomic E-state index is 11.6. The number of aromatic carboxylic acids is 1. The molecule has 0 saturated heterocycles. The summed E-state index contributed by atoms with van der Waals surface area (Å²) in [5.74, 6) is 0.245. The number of hydrogen-bond donors (Lipinski definition) is 2. The number of carbonyl (C=O) groups excluding carboxylic acids is 1. The van der Waals surface area contributed by atoms with Crippen molar-refractivity contribution in [2.24, 2.45) is 5.92 Å². The van der Waals surface area contributed by atoms with Crippen LogP contribution in [0.25, 0.3) is 0 Å². The molecule has 1 aliphatic carbocycles. The summed E-state index contributed by atoms with van der Waals surface area (Å²) in [5.41, 5.74) is 0.0442. The van der Waals surface area contributed by atoms with Crippen molar-refractivity contribution in [1.29, 1.82) is 0 Å². The number of rotatable bonds is 2. The zero-order valence-corrected chi connectivity index (χ0v) is 9.97. The molecule has 2 N–H and O–H groups in total. The normalized spacial score (nSPS) is 22.3. The van der Waals surface area contributed by atoms with E-state index >= 15 is 0 Å². The highest BCUT2D eigenvalue weighted by molar-refractivity contribution is 5.95. The molecule has 0 spiro atoms. The Bertz CT molecular complexity index is 518. The van der Waals surface area contributed by atoms with Gasteiger partial charge >= 0.3 is 5.97 Å². The maximum Gasteiger partial charge on any atom is 0.352 e. The lowest BCUT2D eigenvalue weighted by molar-refractivity contribution is -0.117. The smallest absolute Gasteiger partial charge is 0.352 e. The molecule has 0 radical (unpaired) electrons. The van der Waals surface area contributed by atoms with E-state index in [4.69, 9.17) is 9.84 Å². The van der Waals surface area contributed by atoms with Crippen molar-refractivity contribution in [3.05, 3.63) is 11.8 Å². The Labute approximate surface area is 104 Å².